The van der Waals surface area contributed by atoms with E-state index in [2.05, 4.69) is 12.2 Å². The van der Waals surface area contributed by atoms with Crippen LogP contribution in [0, 0.1) is 0 Å². The van der Waals surface area contributed by atoms with Crippen LogP contribution in [0.2, 0.25) is 0 Å². The normalized spacial score (nSPS) is 9.92. The summed E-state index contributed by atoms with van der Waals surface area (Å²) in [5.41, 5.74) is 0. The molecule has 0 aromatic rings. The third-order valence-electron chi connectivity index (χ3n) is 2.23. The van der Waals surface area contributed by atoms with Crippen LogP contribution in [0.25, 0.3) is 0 Å². The number of carbonyl (C=O) groups excluding carboxylic acids is 1. The Morgan fingerprint density at radius 3 is 2.00 bits per heavy atom. The van der Waals surface area contributed by atoms with Crippen molar-refractivity contribution in [1.82, 2.24) is 5.32 Å². The van der Waals surface area contributed by atoms with Crippen LogP contribution in [0.3, 0.4) is 0 Å². The Hall–Kier alpha value is -0.530. The maximum atomic E-state index is 9.78. The van der Waals surface area contributed by atoms with Crippen LogP contribution in [0.1, 0.15) is 58.3 Å². The summed E-state index contributed by atoms with van der Waals surface area (Å²) < 4.78 is 0. The topological polar surface area (TPSA) is 29.1 Å². The summed E-state index contributed by atoms with van der Waals surface area (Å²) in [6.07, 6.45) is 12.1. The van der Waals surface area contributed by atoms with Gasteiger partial charge in [-0.3, -0.25) is 4.79 Å². The molecule has 0 fully saturated rings. The minimum atomic E-state index is 0.790. The van der Waals surface area contributed by atoms with E-state index in [1.807, 2.05) is 0 Å². The first-order chi connectivity index (χ1) is 6.41. The van der Waals surface area contributed by atoms with Crippen LogP contribution < -0.4 is 5.32 Å². The predicted octanol–water partition coefficient (Wildman–Crippen LogP) is 2.78. The quantitative estimate of drug-likeness (QED) is 0.410. The first-order valence-corrected chi connectivity index (χ1v) is 5.51. The van der Waals surface area contributed by atoms with E-state index in [0.29, 0.717) is 0 Å². The van der Waals surface area contributed by atoms with Gasteiger partial charge in [0.15, 0.2) is 0 Å². The largest absolute Gasteiger partial charge is 0.348 e. The van der Waals surface area contributed by atoms with E-state index in [4.69, 9.17) is 0 Å². The minimum Gasteiger partial charge on any atom is -0.348 e. The molecule has 0 aliphatic rings. The van der Waals surface area contributed by atoms with Gasteiger partial charge in [0, 0.05) is 6.54 Å². The highest BCUT2D eigenvalue weighted by molar-refractivity contribution is 5.46. The molecule has 0 heterocycles. The number of nitrogens with one attached hydrogen (secondary N) is 1. The second-order valence-electron chi connectivity index (χ2n) is 3.50. The molecule has 1 radical (unpaired) electrons. The average molecular weight is 184 g/mol. The summed E-state index contributed by atoms with van der Waals surface area (Å²) >= 11 is 0. The van der Waals surface area contributed by atoms with Gasteiger partial charge in [-0.05, 0) is 6.42 Å². The van der Waals surface area contributed by atoms with Crippen molar-refractivity contribution in [3.8, 4) is 0 Å². The van der Waals surface area contributed by atoms with Crippen molar-refractivity contribution in [2.45, 2.75) is 58.3 Å². The average Bonchev–Trinajstić information content (AvgIpc) is 2.16. The molecule has 0 saturated heterocycles. The Labute approximate surface area is 82.1 Å². The van der Waals surface area contributed by atoms with Crippen LogP contribution in [-0.2, 0) is 4.79 Å². The molecule has 2 nitrogen and oxygen atoms in total. The molecule has 0 aliphatic heterocycles. The van der Waals surface area contributed by atoms with E-state index < -0.39 is 0 Å². The van der Waals surface area contributed by atoms with Crippen LogP contribution in [0.5, 0.6) is 0 Å². The van der Waals surface area contributed by atoms with E-state index in [1.165, 1.54) is 44.9 Å². The number of hydrogen-bond donors (Lipinski definition) is 1. The van der Waals surface area contributed by atoms with Gasteiger partial charge in [0.25, 0.3) is 0 Å². The number of rotatable bonds is 10. The molecule has 0 unspecified atom stereocenters. The third-order valence-corrected chi connectivity index (χ3v) is 2.23. The Bertz CT molecular complexity index is 104. The molecule has 0 spiro atoms. The van der Waals surface area contributed by atoms with E-state index in [-0.39, 0.29) is 0 Å². The molecule has 1 N–H and O–H groups in total. The van der Waals surface area contributed by atoms with Gasteiger partial charge in [-0.15, -0.1) is 0 Å². The SMILES string of the molecule is CCCCCCCCCCN[C]=O. The Morgan fingerprint density at radius 2 is 1.46 bits per heavy atom. The van der Waals surface area contributed by atoms with Crippen molar-refractivity contribution in [2.75, 3.05) is 6.54 Å². The van der Waals surface area contributed by atoms with Gasteiger partial charge in [0.2, 0.25) is 0 Å². The lowest BCUT2D eigenvalue weighted by Gasteiger charge is -2.00. The Kier molecular flexibility index (Phi) is 11.0. The van der Waals surface area contributed by atoms with Crippen molar-refractivity contribution in [3.05, 3.63) is 0 Å². The number of amides is 1. The van der Waals surface area contributed by atoms with Crippen molar-refractivity contribution in [3.63, 3.8) is 0 Å². The lowest BCUT2D eigenvalue weighted by molar-refractivity contribution is 0.533. The molecule has 0 aliphatic carbocycles. The molecule has 0 aromatic carbocycles. The third kappa shape index (κ3) is 11.5. The van der Waals surface area contributed by atoms with Crippen LogP contribution >= 0.6 is 0 Å². The van der Waals surface area contributed by atoms with Gasteiger partial charge in [-0.1, -0.05) is 51.9 Å². The van der Waals surface area contributed by atoms with Crippen LogP contribution in [0.15, 0.2) is 0 Å². The standard InChI is InChI=1S/C11H22NO/c1-2-3-4-5-6-7-8-9-10-12-11-13/h2-10H2,1H3,(H,12,13). The fourth-order valence-electron chi connectivity index (χ4n) is 1.40. The molecular weight excluding hydrogens is 162 g/mol. The molecule has 0 aromatic heterocycles. The van der Waals surface area contributed by atoms with Gasteiger partial charge in [-0.25, -0.2) is 0 Å². The molecule has 0 rings (SSSR count). The van der Waals surface area contributed by atoms with E-state index in [0.717, 1.165) is 13.0 Å². The van der Waals surface area contributed by atoms with Crippen molar-refractivity contribution >= 4 is 6.41 Å². The Morgan fingerprint density at radius 1 is 0.923 bits per heavy atom. The molecule has 2 heteroatoms. The van der Waals surface area contributed by atoms with E-state index in [9.17, 15) is 4.79 Å². The van der Waals surface area contributed by atoms with Gasteiger partial charge < -0.3 is 5.32 Å². The summed E-state index contributed by atoms with van der Waals surface area (Å²) in [5, 5.41) is 2.55. The zero-order chi connectivity index (χ0) is 9.78. The zero-order valence-corrected chi connectivity index (χ0v) is 8.77. The smallest absolute Gasteiger partial charge is 0.309 e. The van der Waals surface area contributed by atoms with Gasteiger partial charge in [0.1, 0.15) is 0 Å². The highest BCUT2D eigenvalue weighted by Gasteiger charge is 1.90. The van der Waals surface area contributed by atoms with E-state index >= 15 is 0 Å². The molecule has 0 atom stereocenters. The summed E-state index contributed by atoms with van der Waals surface area (Å²) in [6, 6.07) is 0. The first-order valence-electron chi connectivity index (χ1n) is 5.51. The van der Waals surface area contributed by atoms with Gasteiger partial charge >= 0.3 is 6.41 Å². The maximum Gasteiger partial charge on any atom is 0.309 e. The highest BCUT2D eigenvalue weighted by atomic mass is 16.1. The molecule has 0 bridgehead atoms. The fourth-order valence-corrected chi connectivity index (χ4v) is 1.40. The molecular formula is C11H22NO. The summed E-state index contributed by atoms with van der Waals surface area (Å²) in [5.74, 6) is 0. The number of unbranched alkanes of at least 4 members (excludes halogenated alkanes) is 7. The summed E-state index contributed by atoms with van der Waals surface area (Å²) in [4.78, 5) is 9.78. The van der Waals surface area contributed by atoms with Crippen molar-refractivity contribution in [1.29, 1.82) is 0 Å². The first kappa shape index (κ1) is 12.5. The van der Waals surface area contributed by atoms with Crippen LogP contribution in [0.4, 0.5) is 0 Å². The molecule has 77 valence electrons. The highest BCUT2D eigenvalue weighted by Crippen LogP contribution is 2.07. The van der Waals surface area contributed by atoms with Crippen molar-refractivity contribution in [2.24, 2.45) is 0 Å². The molecule has 1 amide bonds. The fraction of sp³-hybridized carbons (Fsp3) is 0.909. The van der Waals surface area contributed by atoms with Crippen LogP contribution in [-0.4, -0.2) is 13.0 Å². The predicted molar refractivity (Wildman–Crippen MR) is 56.3 cm³/mol. The van der Waals surface area contributed by atoms with Gasteiger partial charge in [0.05, 0.1) is 0 Å². The number of hydrogen-bond acceptors (Lipinski definition) is 1. The lowest BCUT2D eigenvalue weighted by atomic mass is 10.1. The van der Waals surface area contributed by atoms with E-state index in [1.54, 1.807) is 6.41 Å². The second-order valence-corrected chi connectivity index (χ2v) is 3.50. The summed E-state index contributed by atoms with van der Waals surface area (Å²) in [7, 11) is 0. The minimum absolute atomic E-state index is 0.790. The monoisotopic (exact) mass is 184 g/mol. The zero-order valence-electron chi connectivity index (χ0n) is 8.77. The maximum absolute atomic E-state index is 9.78. The van der Waals surface area contributed by atoms with Gasteiger partial charge in [-0.2, -0.15) is 0 Å². The molecule has 0 saturated carbocycles. The summed E-state index contributed by atoms with van der Waals surface area (Å²) in [6.45, 7) is 3.03. The lowest BCUT2D eigenvalue weighted by Crippen LogP contribution is -2.11. The second kappa shape index (κ2) is 11.5. The van der Waals surface area contributed by atoms with Crippen molar-refractivity contribution < 1.29 is 4.79 Å². The Balaban J connectivity index is 2.79. The molecule has 13 heavy (non-hydrogen) atoms.